The summed E-state index contributed by atoms with van der Waals surface area (Å²) in [4.78, 5) is 0. The van der Waals surface area contributed by atoms with Crippen molar-refractivity contribution in [3.05, 3.63) is 26.7 Å². The van der Waals surface area contributed by atoms with Crippen LogP contribution in [0.2, 0.25) is 0 Å². The van der Waals surface area contributed by atoms with Crippen molar-refractivity contribution in [2.45, 2.75) is 12.3 Å². The molecule has 0 saturated carbocycles. The SMILES string of the molecule is Cc1pppc2c1C1(c3ppppc3-c3ppppc31)c1ppppc1-2. The van der Waals surface area contributed by atoms with E-state index in [0.29, 0.717) is 0 Å². The normalized spacial score (nSPS) is 23.0. The lowest BCUT2D eigenvalue weighted by molar-refractivity contribution is 0.850. The minimum absolute atomic E-state index is 0.196. The van der Waals surface area contributed by atoms with Gasteiger partial charge < -0.3 is 0 Å². The zero-order valence-corrected chi connectivity index (χ0v) is 26.1. The molecule has 1 spiro atoms. The molecule has 26 heavy (non-hydrogen) atoms. The molecule has 4 aromatic rings. The molecule has 2 aliphatic rings. The molecule has 0 atom stereocenters. The van der Waals surface area contributed by atoms with E-state index in [1.165, 1.54) is 0 Å². The van der Waals surface area contributed by atoms with Gasteiger partial charge in [-0.2, -0.15) is 0 Å². The molecule has 0 radical (unpaired) electrons. The van der Waals surface area contributed by atoms with Crippen molar-refractivity contribution in [2.75, 3.05) is 0 Å². The molecule has 0 saturated heterocycles. The Balaban J connectivity index is 1.90. The van der Waals surface area contributed by atoms with Crippen LogP contribution in [0.3, 0.4) is 0 Å². The molecule has 0 nitrogen and oxygen atoms in total. The number of fused-ring (bicyclic) bond motifs is 10. The minimum atomic E-state index is 0.196. The predicted molar refractivity (Wildman–Crippen MR) is 145 cm³/mol. The van der Waals surface area contributed by atoms with Crippen LogP contribution in [0.5, 0.6) is 0 Å². The molecule has 15 heteroatoms. The summed E-state index contributed by atoms with van der Waals surface area (Å²) in [5.74, 6) is 0. The Morgan fingerprint density at radius 2 is 0.885 bits per heavy atom. The first-order valence-corrected chi connectivity index (χ1v) is 28.4. The highest BCUT2D eigenvalue weighted by Crippen LogP contribution is 2.77. The lowest BCUT2D eigenvalue weighted by atomic mass is 9.83. The average molecular weight is 600 g/mol. The van der Waals surface area contributed by atoms with Gasteiger partial charge in [-0.3, -0.25) is 0 Å². The van der Waals surface area contributed by atoms with E-state index in [2.05, 4.69) is 6.92 Å². The summed E-state index contributed by atoms with van der Waals surface area (Å²) in [5.41, 5.74) is 1.98. The van der Waals surface area contributed by atoms with Gasteiger partial charge in [0, 0.05) is 37.1 Å². The van der Waals surface area contributed by atoms with Gasteiger partial charge in [-0.15, -0.1) is 0 Å². The van der Waals surface area contributed by atoms with Gasteiger partial charge in [-0.1, -0.05) is 0 Å². The molecule has 0 fully saturated rings. The summed E-state index contributed by atoms with van der Waals surface area (Å²) in [7, 11) is 23.9. The van der Waals surface area contributed by atoms with Crippen molar-refractivity contribution in [1.82, 2.24) is 0 Å². The molecule has 0 unspecified atom stereocenters. The van der Waals surface area contributed by atoms with Crippen molar-refractivity contribution in [3.63, 3.8) is 0 Å². The molecule has 0 N–H and O–H groups in total. The van der Waals surface area contributed by atoms with Gasteiger partial charge in [0.05, 0.1) is 5.41 Å². The fourth-order valence-electron chi connectivity index (χ4n) is 3.62. The van der Waals surface area contributed by atoms with Crippen molar-refractivity contribution >= 4 is 116 Å². The zero-order valence-electron chi connectivity index (χ0n) is 12.7. The maximum atomic E-state index is 2.45. The zero-order chi connectivity index (χ0) is 17.3. The van der Waals surface area contributed by atoms with Crippen LogP contribution >= 0.6 is 116 Å². The van der Waals surface area contributed by atoms with Gasteiger partial charge in [0.25, 0.3) is 0 Å². The van der Waals surface area contributed by atoms with Crippen LogP contribution in [-0.2, 0) is 5.41 Å². The van der Waals surface area contributed by atoms with Gasteiger partial charge in [0.15, 0.2) is 0 Å². The highest BCUT2D eigenvalue weighted by Gasteiger charge is 2.54. The van der Waals surface area contributed by atoms with Crippen molar-refractivity contribution < 1.29 is 0 Å². The Morgan fingerprint density at radius 1 is 0.462 bits per heavy atom. The van der Waals surface area contributed by atoms with Crippen LogP contribution in [0.4, 0.5) is 0 Å². The number of aryl methyl sites for hydroxylation is 1. The van der Waals surface area contributed by atoms with Gasteiger partial charge in [0.2, 0.25) is 0 Å². The smallest absolute Gasteiger partial charge is 0.0348 e. The average Bonchev–Trinajstić information content (AvgIpc) is 3.16. The van der Waals surface area contributed by atoms with E-state index in [-0.39, 0.29) is 5.41 Å². The summed E-state index contributed by atoms with van der Waals surface area (Å²) in [6.45, 7) is 2.45. The van der Waals surface area contributed by atoms with E-state index in [0.717, 1.165) is 0 Å². The van der Waals surface area contributed by atoms with E-state index >= 15 is 0 Å². The predicted octanol–water partition coefficient (Wildman–Crippen LogP) is 15.0. The van der Waals surface area contributed by atoms with E-state index in [9.17, 15) is 0 Å². The maximum Gasteiger partial charge on any atom is 0.0884 e. The summed E-state index contributed by atoms with van der Waals surface area (Å²) in [6, 6.07) is 0. The van der Waals surface area contributed by atoms with E-state index < -0.39 is 0 Å². The Labute approximate surface area is 175 Å². The standard InChI is InChI=1S/C11H3P15/c1-2-3-4(13-20-12-2)5-8(17-24-21-14-5)11(3)9-6(15-22-25-18-9)7-10(11)19-26-23-16-7/h1H3. The third kappa shape index (κ3) is 2.80. The highest BCUT2D eigenvalue weighted by atomic mass is 32.3. The van der Waals surface area contributed by atoms with Crippen LogP contribution in [-0.4, -0.2) is 0 Å². The molecule has 0 aromatic carbocycles. The third-order valence-electron chi connectivity index (χ3n) is 4.49. The quantitative estimate of drug-likeness (QED) is 0.163. The maximum absolute atomic E-state index is 2.45. The molecule has 0 amide bonds. The monoisotopic (exact) mass is 600 g/mol. The highest BCUT2D eigenvalue weighted by molar-refractivity contribution is 8.32. The topological polar surface area (TPSA) is 0 Å². The van der Waals surface area contributed by atoms with E-state index in [1.807, 2.05) is 15.9 Å². The lowest BCUT2D eigenvalue weighted by Gasteiger charge is -2.29. The number of hydrogen-bond donors (Lipinski definition) is 0. The second-order valence-corrected chi connectivity index (χ2v) is 32.1. The first kappa shape index (κ1) is 20.0. The first-order valence-electron chi connectivity index (χ1n) is 7.24. The molecule has 6 rings (SSSR count). The third-order valence-corrected chi connectivity index (χ3v) is 34.8. The van der Waals surface area contributed by atoms with Gasteiger partial charge in [-0.05, 0) is 134 Å². The minimum Gasteiger partial charge on any atom is -0.0348 e. The van der Waals surface area contributed by atoms with E-state index in [4.69, 9.17) is 0 Å². The van der Waals surface area contributed by atoms with Crippen LogP contribution in [0.15, 0.2) is 0 Å². The Bertz CT molecular complexity index is 1160. The molecule has 122 valence electrons. The number of hydrogen-bond acceptors (Lipinski definition) is 0. The number of rotatable bonds is 0. The molecular weight excluding hydrogens is 597 g/mol. The van der Waals surface area contributed by atoms with E-state index in [1.54, 1.807) is 148 Å². The van der Waals surface area contributed by atoms with Gasteiger partial charge >= 0.3 is 0 Å². The van der Waals surface area contributed by atoms with Crippen molar-refractivity contribution in [3.8, 4) is 21.2 Å². The van der Waals surface area contributed by atoms with Gasteiger partial charge in [0.1, 0.15) is 0 Å². The summed E-state index contributed by atoms with van der Waals surface area (Å²) >= 11 is 0. The second-order valence-electron chi connectivity index (χ2n) is 5.58. The lowest BCUT2D eigenvalue weighted by Crippen LogP contribution is -2.22. The van der Waals surface area contributed by atoms with Crippen LogP contribution in [0.25, 0.3) is 21.2 Å². The second kappa shape index (κ2) is 8.03. The molecule has 4 aromatic heterocycles. The molecule has 2 aliphatic carbocycles. The Kier molecular flexibility index (Phi) is 6.17. The Morgan fingerprint density at radius 3 is 1.42 bits per heavy atom. The molecule has 4 heterocycles. The van der Waals surface area contributed by atoms with Crippen LogP contribution < -0.4 is 0 Å². The summed E-state index contributed by atoms with van der Waals surface area (Å²) in [5, 5.41) is 14.1. The summed E-state index contributed by atoms with van der Waals surface area (Å²) < 4.78 is 0. The molecular formula is C11H3P15. The van der Waals surface area contributed by atoms with Crippen LogP contribution in [0, 0.1) is 6.92 Å². The Hall–Kier alpha value is 3.33. The fraction of sp³-hybridized carbons (Fsp3) is 0.182. The summed E-state index contributed by atoms with van der Waals surface area (Å²) in [6.07, 6.45) is 0. The first-order chi connectivity index (χ1) is 12.8. The van der Waals surface area contributed by atoms with Crippen molar-refractivity contribution in [2.24, 2.45) is 0 Å². The van der Waals surface area contributed by atoms with Crippen molar-refractivity contribution in [1.29, 1.82) is 0 Å². The molecule has 0 aliphatic heterocycles. The van der Waals surface area contributed by atoms with Crippen LogP contribution in [0.1, 0.15) is 26.7 Å². The molecule has 0 bridgehead atoms. The van der Waals surface area contributed by atoms with Gasteiger partial charge in [-0.25, -0.2) is 0 Å². The fourth-order valence-corrected chi connectivity index (χ4v) is 37.6. The largest absolute Gasteiger partial charge is 0.0884 e.